The minimum atomic E-state index is 0. The number of rotatable bonds is 4. The van der Waals surface area contributed by atoms with Crippen molar-refractivity contribution in [3.63, 3.8) is 0 Å². The summed E-state index contributed by atoms with van der Waals surface area (Å²) in [5, 5.41) is 0. The molecule has 1 aliphatic heterocycles. The molecule has 124 valence electrons. The van der Waals surface area contributed by atoms with E-state index in [9.17, 15) is 0 Å². The topological polar surface area (TPSA) is 38.5 Å². The van der Waals surface area contributed by atoms with E-state index in [0.29, 0.717) is 5.92 Å². The lowest BCUT2D eigenvalue weighted by Crippen LogP contribution is -2.28. The highest BCUT2D eigenvalue weighted by Gasteiger charge is 2.31. The predicted octanol–water partition coefficient (Wildman–Crippen LogP) is 3.81. The summed E-state index contributed by atoms with van der Waals surface area (Å²) in [4.78, 5) is 2.41. The van der Waals surface area contributed by atoms with E-state index < -0.39 is 0 Å². The number of halogens is 2. The SMILES string of the molecule is COc1cc(Br)ccc1CN1C[C@@H](N)[C@H](c2ccccc2)C1.Cl. The maximum atomic E-state index is 6.37. The smallest absolute Gasteiger partial charge is 0.124 e. The molecule has 0 bridgehead atoms. The molecule has 23 heavy (non-hydrogen) atoms. The molecule has 0 spiro atoms. The van der Waals surface area contributed by atoms with Crippen LogP contribution < -0.4 is 10.5 Å². The monoisotopic (exact) mass is 396 g/mol. The summed E-state index contributed by atoms with van der Waals surface area (Å²) in [5.74, 6) is 1.33. The predicted molar refractivity (Wildman–Crippen MR) is 100 cm³/mol. The van der Waals surface area contributed by atoms with Gasteiger partial charge in [-0.2, -0.15) is 0 Å². The standard InChI is InChI=1S/C18H21BrN2O.ClH/c1-22-18-9-15(19)8-7-14(18)10-21-11-16(17(20)12-21)13-5-3-2-4-6-13;/h2-9,16-17H,10-12,20H2,1H3;1H/t16-,17+;/m0./s1. The molecular formula is C18H22BrClN2O. The minimum absolute atomic E-state index is 0. The zero-order valence-electron chi connectivity index (χ0n) is 13.1. The van der Waals surface area contributed by atoms with Crippen molar-refractivity contribution in [3.05, 3.63) is 64.1 Å². The van der Waals surface area contributed by atoms with E-state index >= 15 is 0 Å². The number of hydrogen-bond donors (Lipinski definition) is 1. The average molecular weight is 398 g/mol. The molecular weight excluding hydrogens is 376 g/mol. The third-order valence-corrected chi connectivity index (χ3v) is 4.80. The summed E-state index contributed by atoms with van der Waals surface area (Å²) in [6.45, 7) is 2.77. The molecule has 0 amide bonds. The second-order valence-electron chi connectivity index (χ2n) is 5.83. The molecule has 0 aromatic heterocycles. The molecule has 5 heteroatoms. The van der Waals surface area contributed by atoms with Gasteiger partial charge in [0.1, 0.15) is 5.75 Å². The van der Waals surface area contributed by atoms with E-state index in [2.05, 4.69) is 63.3 Å². The van der Waals surface area contributed by atoms with Crippen molar-refractivity contribution in [2.75, 3.05) is 20.2 Å². The largest absolute Gasteiger partial charge is 0.496 e. The van der Waals surface area contributed by atoms with Gasteiger partial charge in [-0.15, -0.1) is 12.4 Å². The molecule has 2 aromatic carbocycles. The van der Waals surface area contributed by atoms with Gasteiger partial charge < -0.3 is 10.5 Å². The summed E-state index contributed by atoms with van der Waals surface area (Å²) in [6, 6.07) is 16.9. The fourth-order valence-corrected chi connectivity index (χ4v) is 3.53. The second kappa shape index (κ2) is 8.15. The lowest BCUT2D eigenvalue weighted by atomic mass is 9.95. The summed E-state index contributed by atoms with van der Waals surface area (Å²) < 4.78 is 6.52. The molecule has 2 aromatic rings. The van der Waals surface area contributed by atoms with E-state index in [4.69, 9.17) is 10.5 Å². The maximum absolute atomic E-state index is 6.37. The summed E-state index contributed by atoms with van der Waals surface area (Å²) in [6.07, 6.45) is 0. The molecule has 3 rings (SSSR count). The molecule has 2 N–H and O–H groups in total. The van der Waals surface area contributed by atoms with Gasteiger partial charge in [-0.05, 0) is 17.7 Å². The van der Waals surface area contributed by atoms with Gasteiger partial charge in [-0.3, -0.25) is 4.90 Å². The van der Waals surface area contributed by atoms with Crippen LogP contribution in [0.3, 0.4) is 0 Å². The van der Waals surface area contributed by atoms with Gasteiger partial charge in [-0.25, -0.2) is 0 Å². The second-order valence-corrected chi connectivity index (χ2v) is 6.75. The van der Waals surface area contributed by atoms with Crippen LogP contribution in [-0.4, -0.2) is 31.1 Å². The van der Waals surface area contributed by atoms with E-state index in [-0.39, 0.29) is 18.4 Å². The van der Waals surface area contributed by atoms with Crippen molar-refractivity contribution in [2.24, 2.45) is 5.73 Å². The molecule has 0 saturated carbocycles. The Morgan fingerprint density at radius 1 is 1.17 bits per heavy atom. The van der Waals surface area contributed by atoms with Crippen molar-refractivity contribution in [1.29, 1.82) is 0 Å². The molecule has 0 unspecified atom stereocenters. The van der Waals surface area contributed by atoms with Gasteiger partial charge in [0, 0.05) is 41.6 Å². The van der Waals surface area contributed by atoms with E-state index in [1.165, 1.54) is 11.1 Å². The first-order valence-electron chi connectivity index (χ1n) is 7.52. The number of ether oxygens (including phenoxy) is 1. The zero-order chi connectivity index (χ0) is 15.5. The quantitative estimate of drug-likeness (QED) is 0.852. The first-order chi connectivity index (χ1) is 10.7. The van der Waals surface area contributed by atoms with Crippen LogP contribution in [0.4, 0.5) is 0 Å². The summed E-state index contributed by atoms with van der Waals surface area (Å²) >= 11 is 3.49. The highest BCUT2D eigenvalue weighted by Crippen LogP contribution is 2.30. The zero-order valence-corrected chi connectivity index (χ0v) is 15.5. The Balaban J connectivity index is 0.00000192. The van der Waals surface area contributed by atoms with Crippen LogP contribution in [0.1, 0.15) is 17.0 Å². The number of hydrogen-bond acceptors (Lipinski definition) is 3. The molecule has 1 aliphatic rings. The fraction of sp³-hybridized carbons (Fsp3) is 0.333. The van der Waals surface area contributed by atoms with E-state index in [1.807, 2.05) is 6.07 Å². The van der Waals surface area contributed by atoms with Gasteiger partial charge >= 0.3 is 0 Å². The van der Waals surface area contributed by atoms with Crippen LogP contribution in [0, 0.1) is 0 Å². The Hall–Kier alpha value is -1.07. The third kappa shape index (κ3) is 4.27. The average Bonchev–Trinajstić information content (AvgIpc) is 2.90. The van der Waals surface area contributed by atoms with Crippen LogP contribution in [0.25, 0.3) is 0 Å². The van der Waals surface area contributed by atoms with Crippen LogP contribution in [0.15, 0.2) is 53.0 Å². The van der Waals surface area contributed by atoms with Gasteiger partial charge in [0.05, 0.1) is 7.11 Å². The molecule has 1 heterocycles. The number of nitrogens with two attached hydrogens (primary N) is 1. The van der Waals surface area contributed by atoms with Crippen LogP contribution in [-0.2, 0) is 6.54 Å². The number of methoxy groups -OCH3 is 1. The Morgan fingerprint density at radius 3 is 2.61 bits per heavy atom. The Morgan fingerprint density at radius 2 is 1.91 bits per heavy atom. The highest BCUT2D eigenvalue weighted by molar-refractivity contribution is 9.10. The molecule has 0 radical (unpaired) electrons. The van der Waals surface area contributed by atoms with Gasteiger partial charge in [-0.1, -0.05) is 52.3 Å². The van der Waals surface area contributed by atoms with Crippen LogP contribution in [0.5, 0.6) is 5.75 Å². The molecule has 0 aliphatic carbocycles. The Labute approximate surface area is 152 Å². The van der Waals surface area contributed by atoms with Crippen molar-refractivity contribution in [2.45, 2.75) is 18.5 Å². The molecule has 1 saturated heterocycles. The van der Waals surface area contributed by atoms with Gasteiger partial charge in [0.15, 0.2) is 0 Å². The summed E-state index contributed by atoms with van der Waals surface area (Å²) in [7, 11) is 1.72. The van der Waals surface area contributed by atoms with Crippen molar-refractivity contribution in [3.8, 4) is 5.75 Å². The number of likely N-dealkylation sites (tertiary alicyclic amines) is 1. The Bertz CT molecular complexity index is 638. The highest BCUT2D eigenvalue weighted by atomic mass is 79.9. The third-order valence-electron chi connectivity index (χ3n) is 4.31. The van der Waals surface area contributed by atoms with E-state index in [1.54, 1.807) is 7.11 Å². The maximum Gasteiger partial charge on any atom is 0.124 e. The molecule has 3 nitrogen and oxygen atoms in total. The lowest BCUT2D eigenvalue weighted by molar-refractivity contribution is 0.314. The fourth-order valence-electron chi connectivity index (χ4n) is 3.19. The van der Waals surface area contributed by atoms with Gasteiger partial charge in [0.2, 0.25) is 0 Å². The normalized spacial score (nSPS) is 21.0. The molecule has 1 fully saturated rings. The minimum Gasteiger partial charge on any atom is -0.496 e. The summed E-state index contributed by atoms with van der Waals surface area (Å²) in [5.41, 5.74) is 8.90. The van der Waals surface area contributed by atoms with Crippen LogP contribution >= 0.6 is 28.3 Å². The Kier molecular flexibility index (Phi) is 6.48. The molecule has 2 atom stereocenters. The van der Waals surface area contributed by atoms with Crippen LogP contribution in [0.2, 0.25) is 0 Å². The van der Waals surface area contributed by atoms with Crippen molar-refractivity contribution < 1.29 is 4.74 Å². The first kappa shape index (κ1) is 18.3. The van der Waals surface area contributed by atoms with Crippen molar-refractivity contribution >= 4 is 28.3 Å². The number of benzene rings is 2. The first-order valence-corrected chi connectivity index (χ1v) is 8.32. The number of nitrogens with zero attached hydrogens (tertiary/aromatic N) is 1. The lowest BCUT2D eigenvalue weighted by Gasteiger charge is -2.18. The van der Waals surface area contributed by atoms with E-state index in [0.717, 1.165) is 29.9 Å². The van der Waals surface area contributed by atoms with Gasteiger partial charge in [0.25, 0.3) is 0 Å². The van der Waals surface area contributed by atoms with Crippen molar-refractivity contribution in [1.82, 2.24) is 4.90 Å².